The van der Waals surface area contributed by atoms with Crippen LogP contribution in [0.1, 0.15) is 0 Å². The van der Waals surface area contributed by atoms with Gasteiger partial charge in [0, 0.05) is 12.3 Å². The van der Waals surface area contributed by atoms with E-state index in [9.17, 15) is 0 Å². The molecule has 0 aliphatic rings. The highest BCUT2D eigenvalue weighted by atomic mass is 127. The van der Waals surface area contributed by atoms with Gasteiger partial charge in [-0.15, -0.1) is 0 Å². The SMILES string of the molecule is IOc1ccccn1. The van der Waals surface area contributed by atoms with Gasteiger partial charge in [-0.3, -0.25) is 0 Å². The van der Waals surface area contributed by atoms with Crippen LogP contribution in [0.25, 0.3) is 0 Å². The molecular weight excluding hydrogens is 217 g/mol. The molecule has 2 nitrogen and oxygen atoms in total. The predicted molar refractivity (Wildman–Crippen MR) is 38.9 cm³/mol. The van der Waals surface area contributed by atoms with Crippen LogP contribution in [-0.4, -0.2) is 4.98 Å². The Morgan fingerprint density at radius 1 is 1.50 bits per heavy atom. The van der Waals surface area contributed by atoms with Crippen LogP contribution < -0.4 is 3.07 Å². The van der Waals surface area contributed by atoms with Crippen LogP contribution in [0, 0.1) is 0 Å². The third-order valence-electron chi connectivity index (χ3n) is 0.717. The molecule has 0 aromatic carbocycles. The van der Waals surface area contributed by atoms with Gasteiger partial charge in [0.05, 0.1) is 0 Å². The van der Waals surface area contributed by atoms with Gasteiger partial charge >= 0.3 is 0 Å². The first kappa shape index (κ1) is 5.81. The zero-order valence-electron chi connectivity index (χ0n) is 4.04. The highest BCUT2D eigenvalue weighted by Gasteiger charge is 1.83. The van der Waals surface area contributed by atoms with E-state index in [1.807, 2.05) is 12.1 Å². The monoisotopic (exact) mass is 221 g/mol. The molecule has 1 aromatic heterocycles. The quantitative estimate of drug-likeness (QED) is 0.674. The van der Waals surface area contributed by atoms with Crippen molar-refractivity contribution in [3.05, 3.63) is 24.4 Å². The number of pyridine rings is 1. The highest BCUT2D eigenvalue weighted by Crippen LogP contribution is 2.05. The second-order valence-electron chi connectivity index (χ2n) is 1.25. The van der Waals surface area contributed by atoms with E-state index in [-0.39, 0.29) is 0 Å². The minimum absolute atomic E-state index is 0.646. The van der Waals surface area contributed by atoms with Crippen molar-refractivity contribution < 1.29 is 3.07 Å². The molecule has 0 aliphatic carbocycles. The van der Waals surface area contributed by atoms with Crippen LogP contribution in [0.5, 0.6) is 5.88 Å². The molecule has 0 atom stereocenters. The van der Waals surface area contributed by atoms with Crippen LogP contribution in [0.15, 0.2) is 24.4 Å². The molecule has 0 bridgehead atoms. The Kier molecular flexibility index (Phi) is 2.08. The Hall–Kier alpha value is -0.320. The van der Waals surface area contributed by atoms with E-state index in [2.05, 4.69) is 4.98 Å². The van der Waals surface area contributed by atoms with Crippen LogP contribution in [0.2, 0.25) is 0 Å². The van der Waals surface area contributed by atoms with Crippen molar-refractivity contribution in [1.82, 2.24) is 4.98 Å². The second kappa shape index (κ2) is 2.86. The molecule has 0 saturated carbocycles. The fraction of sp³-hybridized carbons (Fsp3) is 0. The minimum Gasteiger partial charge on any atom is -0.408 e. The summed E-state index contributed by atoms with van der Waals surface area (Å²) >= 11 is 1.79. The van der Waals surface area contributed by atoms with Crippen molar-refractivity contribution in [3.63, 3.8) is 0 Å². The smallest absolute Gasteiger partial charge is 0.224 e. The van der Waals surface area contributed by atoms with Crippen LogP contribution in [0.4, 0.5) is 0 Å². The number of aromatic nitrogens is 1. The first-order chi connectivity index (χ1) is 3.93. The molecule has 1 aromatic rings. The van der Waals surface area contributed by atoms with Crippen molar-refractivity contribution in [3.8, 4) is 5.88 Å². The summed E-state index contributed by atoms with van der Waals surface area (Å²) in [6, 6.07) is 5.52. The van der Waals surface area contributed by atoms with Crippen molar-refractivity contribution in [1.29, 1.82) is 0 Å². The average molecular weight is 221 g/mol. The first-order valence-corrected chi connectivity index (χ1v) is 3.01. The number of hydrogen-bond donors (Lipinski definition) is 0. The topological polar surface area (TPSA) is 22.1 Å². The lowest BCUT2D eigenvalue weighted by Gasteiger charge is -1.89. The fourth-order valence-corrected chi connectivity index (χ4v) is 0.653. The lowest BCUT2D eigenvalue weighted by atomic mass is 10.5. The molecule has 0 spiro atoms. The van der Waals surface area contributed by atoms with Gasteiger partial charge < -0.3 is 3.07 Å². The summed E-state index contributed by atoms with van der Waals surface area (Å²) in [5.74, 6) is 0.646. The first-order valence-electron chi connectivity index (χ1n) is 2.13. The molecule has 0 unspecified atom stereocenters. The highest BCUT2D eigenvalue weighted by molar-refractivity contribution is 14.1. The van der Waals surface area contributed by atoms with Crippen molar-refractivity contribution in [2.45, 2.75) is 0 Å². The number of rotatable bonds is 1. The van der Waals surface area contributed by atoms with Crippen LogP contribution in [-0.2, 0) is 0 Å². The molecule has 0 N–H and O–H groups in total. The van der Waals surface area contributed by atoms with Gasteiger partial charge in [-0.1, -0.05) is 6.07 Å². The maximum Gasteiger partial charge on any atom is 0.224 e. The summed E-state index contributed by atoms with van der Waals surface area (Å²) in [4.78, 5) is 3.87. The van der Waals surface area contributed by atoms with Gasteiger partial charge in [0.15, 0.2) is 23.0 Å². The van der Waals surface area contributed by atoms with Gasteiger partial charge in [-0.2, -0.15) is 0 Å². The number of halogens is 1. The number of hydrogen-bond acceptors (Lipinski definition) is 2. The summed E-state index contributed by atoms with van der Waals surface area (Å²) < 4.78 is 4.77. The van der Waals surface area contributed by atoms with E-state index in [1.165, 1.54) is 0 Å². The van der Waals surface area contributed by atoms with E-state index in [4.69, 9.17) is 3.07 Å². The molecule has 0 aliphatic heterocycles. The van der Waals surface area contributed by atoms with Gasteiger partial charge in [-0.25, -0.2) is 4.98 Å². The summed E-state index contributed by atoms with van der Waals surface area (Å²) in [6.07, 6.45) is 1.69. The molecule has 1 rings (SSSR count). The zero-order chi connectivity index (χ0) is 5.82. The molecule has 1 heterocycles. The van der Waals surface area contributed by atoms with E-state index in [1.54, 1.807) is 35.3 Å². The fourth-order valence-electron chi connectivity index (χ4n) is 0.393. The normalized spacial score (nSPS) is 8.62. The molecule has 0 radical (unpaired) electrons. The van der Waals surface area contributed by atoms with Gasteiger partial charge in [-0.05, 0) is 6.07 Å². The van der Waals surface area contributed by atoms with E-state index < -0.39 is 0 Å². The Morgan fingerprint density at radius 2 is 2.38 bits per heavy atom. The van der Waals surface area contributed by atoms with E-state index >= 15 is 0 Å². The minimum atomic E-state index is 0.646. The van der Waals surface area contributed by atoms with Crippen LogP contribution >= 0.6 is 23.0 Å². The third-order valence-corrected chi connectivity index (χ3v) is 1.17. The summed E-state index contributed by atoms with van der Waals surface area (Å²) in [5, 5.41) is 0. The summed E-state index contributed by atoms with van der Waals surface area (Å²) in [6.45, 7) is 0. The van der Waals surface area contributed by atoms with E-state index in [0.29, 0.717) is 5.88 Å². The van der Waals surface area contributed by atoms with E-state index in [0.717, 1.165) is 0 Å². The van der Waals surface area contributed by atoms with Crippen molar-refractivity contribution in [2.75, 3.05) is 0 Å². The van der Waals surface area contributed by atoms with Crippen molar-refractivity contribution in [2.24, 2.45) is 0 Å². The third kappa shape index (κ3) is 1.33. The summed E-state index contributed by atoms with van der Waals surface area (Å²) in [7, 11) is 0. The molecule has 42 valence electrons. The Labute approximate surface area is 61.6 Å². The molecule has 0 amide bonds. The molecule has 0 saturated heterocycles. The molecule has 0 fully saturated rings. The van der Waals surface area contributed by atoms with Gasteiger partial charge in [0.1, 0.15) is 0 Å². The largest absolute Gasteiger partial charge is 0.408 e. The lowest BCUT2D eigenvalue weighted by molar-refractivity contribution is 0.681. The maximum atomic E-state index is 4.77. The lowest BCUT2D eigenvalue weighted by Crippen LogP contribution is -1.75. The van der Waals surface area contributed by atoms with Gasteiger partial charge in [0.25, 0.3) is 0 Å². The summed E-state index contributed by atoms with van der Waals surface area (Å²) in [5.41, 5.74) is 0. The molecular formula is C5H4INO. The predicted octanol–water partition coefficient (Wildman–Crippen LogP) is 1.81. The number of nitrogens with zero attached hydrogens (tertiary/aromatic N) is 1. The Morgan fingerprint density at radius 3 is 2.75 bits per heavy atom. The maximum absolute atomic E-state index is 4.77. The standard InChI is InChI=1S/C5H4INO/c6-8-5-3-1-2-4-7-5/h1-4H. The van der Waals surface area contributed by atoms with Gasteiger partial charge in [0.2, 0.25) is 5.88 Å². The Bertz CT molecular complexity index is 154. The second-order valence-corrected chi connectivity index (χ2v) is 1.69. The van der Waals surface area contributed by atoms with Crippen molar-refractivity contribution >= 4 is 23.0 Å². The zero-order valence-corrected chi connectivity index (χ0v) is 6.20. The Balaban J connectivity index is 2.83. The van der Waals surface area contributed by atoms with Crippen LogP contribution in [0.3, 0.4) is 0 Å². The molecule has 3 heteroatoms. The molecule has 8 heavy (non-hydrogen) atoms. The average Bonchev–Trinajstić information content (AvgIpc) is 1.90.